The molecule has 0 saturated carbocycles. The van der Waals surface area contributed by atoms with Crippen molar-refractivity contribution in [3.63, 3.8) is 0 Å². The van der Waals surface area contributed by atoms with E-state index in [1.54, 1.807) is 37.4 Å². The third-order valence-corrected chi connectivity index (χ3v) is 8.02. The van der Waals surface area contributed by atoms with Gasteiger partial charge in [0, 0.05) is 47.7 Å². The topological polar surface area (TPSA) is 60.3 Å². The highest BCUT2D eigenvalue weighted by Crippen LogP contribution is 2.45. The molecule has 0 radical (unpaired) electrons. The number of nitrogens with zero attached hydrogens (tertiary/aromatic N) is 1. The van der Waals surface area contributed by atoms with E-state index in [0.717, 1.165) is 30.2 Å². The molecule has 0 spiro atoms. The number of sulfone groups is 1. The average Bonchev–Trinajstić information content (AvgIpc) is 3.20. The molecule has 0 amide bonds. The lowest BCUT2D eigenvalue weighted by Gasteiger charge is -2.23. The highest BCUT2D eigenvalue weighted by molar-refractivity contribution is 7.91. The Morgan fingerprint density at radius 1 is 1.17 bits per heavy atom. The van der Waals surface area contributed by atoms with E-state index in [-0.39, 0.29) is 28.2 Å². The Hall–Kier alpha value is -1.73. The largest absolute Gasteiger partial charge is 0.495 e. The minimum absolute atomic E-state index is 0. The summed E-state index contributed by atoms with van der Waals surface area (Å²) < 4.78 is 34.4. The van der Waals surface area contributed by atoms with E-state index in [4.69, 9.17) is 16.3 Å². The molecule has 3 aromatic rings. The highest BCUT2D eigenvalue weighted by atomic mass is 35.5. The summed E-state index contributed by atoms with van der Waals surface area (Å²) in [7, 11) is -0.0852. The Kier molecular flexibility index (Phi) is 5.10. The van der Waals surface area contributed by atoms with Crippen LogP contribution in [0.4, 0.5) is 0 Å². The van der Waals surface area contributed by atoms with E-state index < -0.39 is 9.84 Å². The third kappa shape index (κ3) is 3.05. The van der Waals surface area contributed by atoms with E-state index in [1.165, 1.54) is 17.3 Å². The Labute approximate surface area is 181 Å². The average molecular weight is 453 g/mol. The summed E-state index contributed by atoms with van der Waals surface area (Å²) in [5.41, 5.74) is 3.44. The molecular weight excluding hydrogens is 431 g/mol. The first-order chi connectivity index (χ1) is 13.4. The van der Waals surface area contributed by atoms with Gasteiger partial charge in [-0.05, 0) is 42.7 Å². The molecular formula is C21H22Cl2N2O3S. The first kappa shape index (κ1) is 20.5. The second-order valence-electron chi connectivity index (χ2n) is 7.60. The molecule has 1 N–H and O–H groups in total. The van der Waals surface area contributed by atoms with Crippen LogP contribution in [-0.4, -0.2) is 26.1 Å². The number of ether oxygens (including phenoxy) is 1. The lowest BCUT2D eigenvalue weighted by molar-refractivity contribution is 0.416. The number of halogens is 2. The molecule has 1 saturated heterocycles. The Morgan fingerprint density at radius 3 is 2.69 bits per heavy atom. The summed E-state index contributed by atoms with van der Waals surface area (Å²) in [5, 5.41) is 5.02. The van der Waals surface area contributed by atoms with Gasteiger partial charge in [-0.2, -0.15) is 0 Å². The fourth-order valence-corrected chi connectivity index (χ4v) is 6.36. The van der Waals surface area contributed by atoms with Crippen LogP contribution in [0.25, 0.3) is 10.9 Å². The number of aryl methyl sites for hydroxylation is 1. The van der Waals surface area contributed by atoms with Gasteiger partial charge in [0.15, 0.2) is 0 Å². The van der Waals surface area contributed by atoms with Crippen LogP contribution in [0.3, 0.4) is 0 Å². The summed E-state index contributed by atoms with van der Waals surface area (Å²) in [6.45, 7) is 0. The number of methoxy groups -OCH3 is 1. The molecule has 2 bridgehead atoms. The molecule has 2 unspecified atom stereocenters. The maximum absolute atomic E-state index is 13.3. The highest BCUT2D eigenvalue weighted by Gasteiger charge is 2.37. The third-order valence-electron chi connectivity index (χ3n) is 6.06. The molecule has 8 heteroatoms. The van der Waals surface area contributed by atoms with E-state index in [0.29, 0.717) is 16.8 Å². The van der Waals surface area contributed by atoms with Crippen molar-refractivity contribution >= 4 is 44.7 Å². The summed E-state index contributed by atoms with van der Waals surface area (Å²) >= 11 is 6.03. The zero-order chi connectivity index (χ0) is 19.6. The Balaban J connectivity index is 0.00000205. The van der Waals surface area contributed by atoms with Gasteiger partial charge in [-0.15, -0.1) is 12.4 Å². The molecule has 29 heavy (non-hydrogen) atoms. The zero-order valence-electron chi connectivity index (χ0n) is 16.1. The summed E-state index contributed by atoms with van der Waals surface area (Å²) in [5.74, 6) is 0.575. The van der Waals surface area contributed by atoms with Crippen LogP contribution in [0.1, 0.15) is 30.1 Å². The normalized spacial score (nSPS) is 20.4. The number of aromatic nitrogens is 1. The van der Waals surface area contributed by atoms with E-state index in [1.807, 2.05) is 7.05 Å². The number of nitrogens with one attached hydrogen (secondary N) is 1. The molecule has 1 aromatic heterocycles. The lowest BCUT2D eigenvalue weighted by atomic mass is 9.99. The minimum atomic E-state index is -3.71. The van der Waals surface area contributed by atoms with Crippen LogP contribution in [0.5, 0.6) is 5.75 Å². The van der Waals surface area contributed by atoms with Crippen LogP contribution in [0, 0.1) is 0 Å². The van der Waals surface area contributed by atoms with Crippen molar-refractivity contribution in [3.05, 3.63) is 52.7 Å². The molecule has 2 atom stereocenters. The van der Waals surface area contributed by atoms with E-state index in [9.17, 15) is 8.42 Å². The minimum Gasteiger partial charge on any atom is -0.495 e. The van der Waals surface area contributed by atoms with Crippen LogP contribution in [0.2, 0.25) is 5.02 Å². The van der Waals surface area contributed by atoms with E-state index in [2.05, 4.69) is 9.88 Å². The fourth-order valence-electron chi connectivity index (χ4n) is 4.76. The van der Waals surface area contributed by atoms with Gasteiger partial charge in [0.2, 0.25) is 9.84 Å². The molecule has 2 aromatic carbocycles. The van der Waals surface area contributed by atoms with Crippen molar-refractivity contribution < 1.29 is 13.2 Å². The lowest BCUT2D eigenvalue weighted by Crippen LogP contribution is -2.32. The van der Waals surface area contributed by atoms with Gasteiger partial charge < -0.3 is 14.6 Å². The smallest absolute Gasteiger partial charge is 0.206 e. The molecule has 5 nitrogen and oxygen atoms in total. The number of hydrogen-bond acceptors (Lipinski definition) is 4. The molecule has 1 fully saturated rings. The van der Waals surface area contributed by atoms with Gasteiger partial charge in [-0.25, -0.2) is 8.42 Å². The SMILES string of the molecule is COc1cc(S(=O)(=O)c2cccc(Cl)c2)cc2c3c(n(C)c12)CC1CCC3N1.Cl. The summed E-state index contributed by atoms with van der Waals surface area (Å²) in [6.07, 6.45) is 3.18. The van der Waals surface area contributed by atoms with Crippen molar-refractivity contribution in [2.75, 3.05) is 7.11 Å². The van der Waals surface area contributed by atoms with Gasteiger partial charge in [0.25, 0.3) is 0 Å². The fraction of sp³-hybridized carbons (Fsp3) is 0.333. The predicted molar refractivity (Wildman–Crippen MR) is 116 cm³/mol. The van der Waals surface area contributed by atoms with Crippen molar-refractivity contribution in [2.45, 2.75) is 41.1 Å². The van der Waals surface area contributed by atoms with Gasteiger partial charge >= 0.3 is 0 Å². The van der Waals surface area contributed by atoms with Crippen molar-refractivity contribution in [1.82, 2.24) is 9.88 Å². The quantitative estimate of drug-likeness (QED) is 0.637. The van der Waals surface area contributed by atoms with Crippen LogP contribution in [0.15, 0.2) is 46.2 Å². The maximum Gasteiger partial charge on any atom is 0.206 e. The first-order valence-electron chi connectivity index (χ1n) is 9.36. The second kappa shape index (κ2) is 7.20. The van der Waals surface area contributed by atoms with Crippen LogP contribution >= 0.6 is 24.0 Å². The van der Waals surface area contributed by atoms with Gasteiger partial charge in [-0.1, -0.05) is 17.7 Å². The molecule has 0 aliphatic carbocycles. The van der Waals surface area contributed by atoms with Gasteiger partial charge in [0.1, 0.15) is 5.75 Å². The summed E-state index contributed by atoms with van der Waals surface area (Å²) in [6, 6.07) is 10.6. The molecule has 3 heterocycles. The second-order valence-corrected chi connectivity index (χ2v) is 9.99. The molecule has 154 valence electrons. The van der Waals surface area contributed by atoms with Crippen molar-refractivity contribution in [3.8, 4) is 5.75 Å². The number of fused-ring (bicyclic) bond motifs is 6. The standard InChI is InChI=1S/C21H21ClN2O3S.ClH/c1-24-18-9-13-6-7-17(23-13)20(18)16-10-15(11-19(27-2)21(16)24)28(25,26)14-5-3-4-12(22)8-14;/h3-5,8,10-11,13,17,23H,6-7,9H2,1-2H3;1H. The molecule has 2 aliphatic heterocycles. The predicted octanol–water partition coefficient (Wildman–Crippen LogP) is 4.44. The number of hydrogen-bond donors (Lipinski definition) is 1. The number of rotatable bonds is 3. The monoisotopic (exact) mass is 452 g/mol. The zero-order valence-corrected chi connectivity index (χ0v) is 18.5. The summed E-state index contributed by atoms with van der Waals surface area (Å²) in [4.78, 5) is 0.415. The van der Waals surface area contributed by atoms with Crippen molar-refractivity contribution in [2.24, 2.45) is 7.05 Å². The molecule has 5 rings (SSSR count). The van der Waals surface area contributed by atoms with Crippen LogP contribution in [-0.2, 0) is 23.3 Å². The van der Waals surface area contributed by atoms with Crippen LogP contribution < -0.4 is 10.1 Å². The first-order valence-corrected chi connectivity index (χ1v) is 11.2. The Bertz CT molecular complexity index is 1220. The molecule has 2 aliphatic rings. The van der Waals surface area contributed by atoms with E-state index >= 15 is 0 Å². The van der Waals surface area contributed by atoms with Gasteiger partial charge in [0.05, 0.1) is 22.4 Å². The van der Waals surface area contributed by atoms with Crippen molar-refractivity contribution in [1.29, 1.82) is 0 Å². The number of benzene rings is 2. The maximum atomic E-state index is 13.3. The van der Waals surface area contributed by atoms with Gasteiger partial charge in [-0.3, -0.25) is 0 Å². The Morgan fingerprint density at radius 2 is 1.97 bits per heavy atom.